The van der Waals surface area contributed by atoms with E-state index in [2.05, 4.69) is 10.00 Å². The molecule has 5 heterocycles. The summed E-state index contributed by atoms with van der Waals surface area (Å²) in [7, 11) is 1.37. The number of methoxy groups -OCH3 is 1. The monoisotopic (exact) mass is 554 g/mol. The predicted molar refractivity (Wildman–Crippen MR) is 141 cm³/mol. The zero-order valence-corrected chi connectivity index (χ0v) is 22.4. The molecule has 0 spiro atoms. The van der Waals surface area contributed by atoms with E-state index in [-0.39, 0.29) is 24.2 Å². The van der Waals surface area contributed by atoms with Crippen molar-refractivity contribution in [1.82, 2.24) is 24.6 Å². The summed E-state index contributed by atoms with van der Waals surface area (Å²) in [5, 5.41) is 4.58. The number of piperidine rings is 1. The lowest BCUT2D eigenvalue weighted by molar-refractivity contribution is -0.0394. The van der Waals surface area contributed by atoms with Crippen molar-refractivity contribution >= 4 is 11.9 Å². The van der Waals surface area contributed by atoms with E-state index in [0.29, 0.717) is 57.7 Å². The van der Waals surface area contributed by atoms with Crippen molar-refractivity contribution in [2.24, 2.45) is 0 Å². The molecule has 12 heteroatoms. The van der Waals surface area contributed by atoms with Gasteiger partial charge in [-0.05, 0) is 31.4 Å². The van der Waals surface area contributed by atoms with Crippen molar-refractivity contribution in [2.75, 3.05) is 38.3 Å². The fourth-order valence-electron chi connectivity index (χ4n) is 5.51. The summed E-state index contributed by atoms with van der Waals surface area (Å²) < 4.78 is 46.0. The molecule has 0 radical (unpaired) electrons. The van der Waals surface area contributed by atoms with E-state index in [0.717, 1.165) is 48.1 Å². The smallest absolute Gasteiger partial charge is 0.409 e. The van der Waals surface area contributed by atoms with Gasteiger partial charge in [-0.1, -0.05) is 0 Å². The Bertz CT molecular complexity index is 1370. The van der Waals surface area contributed by atoms with Gasteiger partial charge < -0.3 is 24.0 Å². The summed E-state index contributed by atoms with van der Waals surface area (Å²) in [6.07, 6.45) is 7.93. The fourth-order valence-corrected chi connectivity index (χ4v) is 5.51. The molecule has 212 valence electrons. The van der Waals surface area contributed by atoms with Gasteiger partial charge in [0.05, 0.1) is 31.2 Å². The second-order valence-electron chi connectivity index (χ2n) is 10.3. The van der Waals surface area contributed by atoms with Gasteiger partial charge in [-0.3, -0.25) is 0 Å². The third-order valence-electron chi connectivity index (χ3n) is 7.68. The van der Waals surface area contributed by atoms with Crippen LogP contribution in [-0.4, -0.2) is 70.2 Å². The second-order valence-corrected chi connectivity index (χ2v) is 10.3. The Labute approximate surface area is 230 Å². The molecule has 6 rings (SSSR count). The molecule has 3 aromatic rings. The molecule has 1 unspecified atom stereocenters. The van der Waals surface area contributed by atoms with Crippen LogP contribution in [0.15, 0.2) is 30.6 Å². The Hall–Kier alpha value is -3.80. The molecule has 0 bridgehead atoms. The van der Waals surface area contributed by atoms with E-state index in [1.165, 1.54) is 19.2 Å². The average molecular weight is 555 g/mol. The van der Waals surface area contributed by atoms with Crippen LogP contribution in [0.25, 0.3) is 11.3 Å². The number of aromatic nitrogens is 4. The molecule has 0 N–H and O–H groups in total. The van der Waals surface area contributed by atoms with Gasteiger partial charge in [-0.25, -0.2) is 28.2 Å². The number of hydrogen-bond acceptors (Lipinski definition) is 8. The summed E-state index contributed by atoms with van der Waals surface area (Å²) in [5.41, 5.74) is 3.11. The first-order valence-electron chi connectivity index (χ1n) is 13.7. The molecule has 1 amide bonds. The highest BCUT2D eigenvalue weighted by atomic mass is 19.1. The molecule has 3 aliphatic heterocycles. The van der Waals surface area contributed by atoms with Crippen LogP contribution in [-0.2, 0) is 22.4 Å². The Morgan fingerprint density at radius 2 is 1.93 bits per heavy atom. The number of anilines is 1. The van der Waals surface area contributed by atoms with Crippen molar-refractivity contribution in [2.45, 2.75) is 57.4 Å². The topological polar surface area (TPSA) is 94.8 Å². The molecule has 3 aliphatic rings. The number of ether oxygens (including phenoxy) is 3. The molecule has 2 saturated heterocycles. The van der Waals surface area contributed by atoms with Crippen LogP contribution >= 0.6 is 0 Å². The van der Waals surface area contributed by atoms with E-state index in [1.54, 1.807) is 11.1 Å². The summed E-state index contributed by atoms with van der Waals surface area (Å²) in [6.45, 7) is 2.79. The number of carbonyl (C=O) groups excluding carboxylic acids is 1. The zero-order chi connectivity index (χ0) is 27.6. The number of carbonyl (C=O) groups is 1. The number of halogens is 2. The molecular formula is C28H32F2N6O4. The standard InChI is InChI=1S/C28H32F2N6O4/c1-38-28(37)35-12-9-22-23(17-35)32-26(18-15-31-36(16-18)25-4-2-3-13-39-25)27(33-22)34-10-7-20(8-11-34)40-24-6-5-19(29)14-21(24)30/h5-6,14-16,20,25H,2-4,7-13,17H2,1H3. The SMILES string of the molecule is COC(=O)N1CCc2nc(N3CCC(Oc4ccc(F)cc4F)CC3)c(-c3cnn(C4CCCCO4)c3)nc2C1. The van der Waals surface area contributed by atoms with Gasteiger partial charge >= 0.3 is 6.09 Å². The van der Waals surface area contributed by atoms with E-state index in [9.17, 15) is 13.6 Å². The summed E-state index contributed by atoms with van der Waals surface area (Å²) in [6, 6.07) is 3.36. The Kier molecular flexibility index (Phi) is 7.50. The zero-order valence-electron chi connectivity index (χ0n) is 22.4. The first-order chi connectivity index (χ1) is 19.5. The minimum atomic E-state index is -0.703. The number of benzene rings is 1. The fraction of sp³-hybridized carbons (Fsp3) is 0.500. The third kappa shape index (κ3) is 5.45. The second kappa shape index (κ2) is 11.4. The maximum absolute atomic E-state index is 14.1. The van der Waals surface area contributed by atoms with Crippen molar-refractivity contribution in [3.63, 3.8) is 0 Å². The Morgan fingerprint density at radius 3 is 2.67 bits per heavy atom. The van der Waals surface area contributed by atoms with Gasteiger partial charge in [-0.2, -0.15) is 5.10 Å². The highest BCUT2D eigenvalue weighted by Gasteiger charge is 2.30. The largest absolute Gasteiger partial charge is 0.487 e. The van der Waals surface area contributed by atoms with Crippen LogP contribution in [0.1, 0.15) is 49.7 Å². The van der Waals surface area contributed by atoms with Crippen LogP contribution in [0, 0.1) is 11.6 Å². The number of rotatable bonds is 5. The molecule has 0 aliphatic carbocycles. The molecule has 0 saturated carbocycles. The summed E-state index contributed by atoms with van der Waals surface area (Å²) in [4.78, 5) is 26.1. The lowest BCUT2D eigenvalue weighted by Gasteiger charge is -2.35. The first-order valence-corrected chi connectivity index (χ1v) is 13.7. The van der Waals surface area contributed by atoms with Crippen LogP contribution in [0.2, 0.25) is 0 Å². The minimum Gasteiger partial charge on any atom is -0.487 e. The van der Waals surface area contributed by atoms with Gasteiger partial charge in [0, 0.05) is 63.3 Å². The molecule has 10 nitrogen and oxygen atoms in total. The van der Waals surface area contributed by atoms with Crippen molar-refractivity contribution < 1.29 is 27.8 Å². The van der Waals surface area contributed by atoms with Gasteiger partial charge in [-0.15, -0.1) is 0 Å². The molecule has 1 aromatic carbocycles. The molecule has 2 aromatic heterocycles. The normalized spacial score (nSPS) is 19.8. The number of fused-ring (bicyclic) bond motifs is 1. The van der Waals surface area contributed by atoms with Crippen LogP contribution in [0.5, 0.6) is 5.75 Å². The quantitative estimate of drug-likeness (QED) is 0.456. The molecule has 40 heavy (non-hydrogen) atoms. The maximum atomic E-state index is 14.1. The van der Waals surface area contributed by atoms with E-state index in [4.69, 9.17) is 24.2 Å². The number of amides is 1. The highest BCUT2D eigenvalue weighted by molar-refractivity contribution is 5.72. The van der Waals surface area contributed by atoms with Gasteiger partial charge in [0.25, 0.3) is 0 Å². The van der Waals surface area contributed by atoms with E-state index < -0.39 is 11.6 Å². The van der Waals surface area contributed by atoms with Crippen molar-refractivity contribution in [3.8, 4) is 17.0 Å². The predicted octanol–water partition coefficient (Wildman–Crippen LogP) is 4.49. The van der Waals surface area contributed by atoms with Crippen molar-refractivity contribution in [3.05, 3.63) is 53.6 Å². The molecule has 2 fully saturated rings. The lowest BCUT2D eigenvalue weighted by atomic mass is 10.1. The number of hydrogen-bond donors (Lipinski definition) is 0. The van der Waals surface area contributed by atoms with E-state index >= 15 is 0 Å². The average Bonchev–Trinajstić information content (AvgIpc) is 3.48. The summed E-state index contributed by atoms with van der Waals surface area (Å²) >= 11 is 0. The highest BCUT2D eigenvalue weighted by Crippen LogP contribution is 2.34. The van der Waals surface area contributed by atoms with E-state index in [1.807, 2.05) is 10.9 Å². The minimum absolute atomic E-state index is 0.0571. The van der Waals surface area contributed by atoms with Crippen LogP contribution < -0.4 is 9.64 Å². The molecule has 1 atom stereocenters. The van der Waals surface area contributed by atoms with Crippen molar-refractivity contribution in [1.29, 1.82) is 0 Å². The maximum Gasteiger partial charge on any atom is 0.409 e. The third-order valence-corrected chi connectivity index (χ3v) is 7.68. The van der Waals surface area contributed by atoms with Crippen LogP contribution in [0.3, 0.4) is 0 Å². The Balaban J connectivity index is 1.26. The number of nitrogens with zero attached hydrogens (tertiary/aromatic N) is 6. The van der Waals surface area contributed by atoms with Crippen LogP contribution in [0.4, 0.5) is 19.4 Å². The lowest BCUT2D eigenvalue weighted by Crippen LogP contribution is -2.40. The van der Waals surface area contributed by atoms with Gasteiger partial charge in [0.2, 0.25) is 0 Å². The van der Waals surface area contributed by atoms with Gasteiger partial charge in [0.15, 0.2) is 17.4 Å². The first kappa shape index (κ1) is 26.4. The summed E-state index contributed by atoms with van der Waals surface area (Å²) in [5.74, 6) is -0.529. The van der Waals surface area contributed by atoms with Gasteiger partial charge in [0.1, 0.15) is 23.8 Å². The molecular weight excluding hydrogens is 522 g/mol. The Morgan fingerprint density at radius 1 is 1.07 bits per heavy atom.